The molecule has 21 heavy (non-hydrogen) atoms. The zero-order chi connectivity index (χ0) is 15.6. The Bertz CT molecular complexity index is 827. The zero-order valence-corrected chi connectivity index (χ0v) is 10.9. The topological polar surface area (TPSA) is 147 Å². The van der Waals surface area contributed by atoms with Gasteiger partial charge in [0.2, 0.25) is 4.77 Å². The molecule has 0 bridgehead atoms. The Hall–Kier alpha value is -3.08. The van der Waals surface area contributed by atoms with Crippen molar-refractivity contribution >= 4 is 24.1 Å². The molecule has 0 atom stereocenters. The van der Waals surface area contributed by atoms with Gasteiger partial charge < -0.3 is 10.2 Å². The molecule has 0 aliphatic carbocycles. The summed E-state index contributed by atoms with van der Waals surface area (Å²) in [7, 11) is 0. The molecule has 0 aliphatic rings. The molecule has 0 saturated heterocycles. The molecule has 0 amide bonds. The third-order valence-corrected chi connectivity index (χ3v) is 2.63. The Balaban J connectivity index is 2.51. The minimum Gasteiger partial charge on any atom is -0.507 e. The second kappa shape index (κ2) is 5.50. The Morgan fingerprint density at radius 2 is 2.14 bits per heavy atom. The number of benzene rings is 1. The fourth-order valence-electron chi connectivity index (χ4n) is 1.41. The Morgan fingerprint density at radius 1 is 1.43 bits per heavy atom. The molecule has 1 aromatic carbocycles. The molecule has 108 valence electrons. The van der Waals surface area contributed by atoms with E-state index in [1.54, 1.807) is 0 Å². The van der Waals surface area contributed by atoms with Crippen LogP contribution in [0.2, 0.25) is 0 Å². The average molecular weight is 309 g/mol. The normalized spacial score (nSPS) is 10.9. The van der Waals surface area contributed by atoms with Gasteiger partial charge in [-0.3, -0.25) is 20.0 Å². The van der Waals surface area contributed by atoms with Gasteiger partial charge in [-0.15, -0.1) is 0 Å². The van der Waals surface area contributed by atoms with Gasteiger partial charge in [-0.2, -0.15) is 14.9 Å². The van der Waals surface area contributed by atoms with Crippen molar-refractivity contribution in [3.05, 3.63) is 49.1 Å². The molecule has 2 aromatic rings. The predicted octanol–water partition coefficient (Wildman–Crippen LogP) is 0.502. The van der Waals surface area contributed by atoms with Crippen LogP contribution in [-0.4, -0.2) is 36.2 Å². The lowest BCUT2D eigenvalue weighted by Gasteiger charge is -2.01. The third-order valence-electron chi connectivity index (χ3n) is 2.37. The summed E-state index contributed by atoms with van der Waals surface area (Å²) in [6, 6.07) is 1.71. The number of nitrogens with zero attached hydrogens (tertiary/aromatic N) is 4. The van der Waals surface area contributed by atoms with Crippen molar-refractivity contribution < 1.29 is 15.1 Å². The van der Waals surface area contributed by atoms with Crippen LogP contribution in [0.1, 0.15) is 5.56 Å². The van der Waals surface area contributed by atoms with Crippen LogP contribution in [0.15, 0.2) is 28.2 Å². The summed E-state index contributed by atoms with van der Waals surface area (Å²) in [5, 5.41) is 39.1. The maximum atomic E-state index is 11.5. The van der Waals surface area contributed by atoms with Crippen molar-refractivity contribution in [2.24, 2.45) is 5.10 Å². The molecule has 1 aromatic heterocycles. The highest BCUT2D eigenvalue weighted by atomic mass is 32.1. The van der Waals surface area contributed by atoms with Crippen LogP contribution < -0.4 is 5.56 Å². The van der Waals surface area contributed by atoms with E-state index < -0.39 is 27.7 Å². The lowest BCUT2D eigenvalue weighted by atomic mass is 10.2. The quantitative estimate of drug-likeness (QED) is 0.324. The van der Waals surface area contributed by atoms with Crippen molar-refractivity contribution in [2.45, 2.75) is 0 Å². The number of nitrogens with one attached hydrogen (secondary N) is 1. The first kappa shape index (κ1) is 14.3. The van der Waals surface area contributed by atoms with E-state index in [0.717, 1.165) is 29.2 Å². The molecule has 1 heterocycles. The number of hydrogen-bond acceptors (Lipinski definition) is 8. The number of aromatic hydroxyl groups is 2. The standard InChI is InChI=1S/C10H7N5O5S/c16-7-2-8(17)6(15(19)20)1-5(7)3-12-14-9(18)4-11-13-10(14)21/h1-4,16-17H,(H,13,21)/b12-3+. The molecular weight excluding hydrogens is 302 g/mol. The molecule has 0 spiro atoms. The molecule has 11 heteroatoms. The highest BCUT2D eigenvalue weighted by Crippen LogP contribution is 2.31. The second-order valence-electron chi connectivity index (χ2n) is 3.73. The van der Waals surface area contributed by atoms with E-state index in [1.165, 1.54) is 0 Å². The summed E-state index contributed by atoms with van der Waals surface area (Å²) in [6.45, 7) is 0. The van der Waals surface area contributed by atoms with E-state index >= 15 is 0 Å². The van der Waals surface area contributed by atoms with Gasteiger partial charge >= 0.3 is 5.69 Å². The van der Waals surface area contributed by atoms with Gasteiger partial charge in [-0.1, -0.05) is 0 Å². The van der Waals surface area contributed by atoms with Crippen molar-refractivity contribution in [2.75, 3.05) is 0 Å². The molecule has 3 N–H and O–H groups in total. The minimum atomic E-state index is -0.822. The predicted molar refractivity (Wildman–Crippen MR) is 73.1 cm³/mol. The van der Waals surface area contributed by atoms with Crippen LogP contribution in [-0.2, 0) is 0 Å². The summed E-state index contributed by atoms with van der Waals surface area (Å²) in [6.07, 6.45) is 1.93. The minimum absolute atomic E-state index is 0.0717. The molecule has 0 fully saturated rings. The molecule has 0 radical (unpaired) electrons. The van der Waals surface area contributed by atoms with Crippen LogP contribution in [0.4, 0.5) is 5.69 Å². The summed E-state index contributed by atoms with van der Waals surface area (Å²) in [5.41, 5.74) is -1.30. The number of hydrogen-bond donors (Lipinski definition) is 3. The smallest absolute Gasteiger partial charge is 0.311 e. The monoisotopic (exact) mass is 309 g/mol. The number of aromatic nitrogens is 3. The van der Waals surface area contributed by atoms with E-state index in [2.05, 4.69) is 15.3 Å². The number of rotatable bonds is 3. The van der Waals surface area contributed by atoms with E-state index in [4.69, 9.17) is 12.2 Å². The number of aromatic amines is 1. The van der Waals surface area contributed by atoms with Gasteiger partial charge in [0.1, 0.15) is 11.9 Å². The summed E-state index contributed by atoms with van der Waals surface area (Å²) in [4.78, 5) is 21.3. The van der Waals surface area contributed by atoms with Gasteiger partial charge in [-0.25, -0.2) is 0 Å². The SMILES string of the molecule is O=c1cn[nH]c(=S)n1/N=C/c1cc([N+](=O)[O-])c(O)cc1O. The average Bonchev–Trinajstić information content (AvgIpc) is 2.39. The molecule has 10 nitrogen and oxygen atoms in total. The van der Waals surface area contributed by atoms with Crippen molar-refractivity contribution in [1.82, 2.24) is 14.9 Å². The number of H-pyrrole nitrogens is 1. The van der Waals surface area contributed by atoms with Gasteiger partial charge in [0, 0.05) is 17.7 Å². The van der Waals surface area contributed by atoms with Gasteiger partial charge in [-0.05, 0) is 12.2 Å². The summed E-state index contributed by atoms with van der Waals surface area (Å²) >= 11 is 4.80. The van der Waals surface area contributed by atoms with Crippen molar-refractivity contribution in [3.8, 4) is 11.5 Å². The second-order valence-corrected chi connectivity index (χ2v) is 4.11. The van der Waals surface area contributed by atoms with Crippen LogP contribution in [0.5, 0.6) is 11.5 Å². The number of phenolic OH excluding ortho intramolecular Hbond substituents is 2. The van der Waals surface area contributed by atoms with E-state index in [9.17, 15) is 25.1 Å². The first-order valence-corrected chi connectivity index (χ1v) is 5.72. The lowest BCUT2D eigenvalue weighted by Crippen LogP contribution is -2.18. The lowest BCUT2D eigenvalue weighted by molar-refractivity contribution is -0.385. The van der Waals surface area contributed by atoms with Crippen LogP contribution in [0.3, 0.4) is 0 Å². The van der Waals surface area contributed by atoms with Crippen molar-refractivity contribution in [1.29, 1.82) is 0 Å². The summed E-state index contributed by atoms with van der Waals surface area (Å²) < 4.78 is 0.687. The number of phenols is 2. The Labute approximate surface area is 120 Å². The fraction of sp³-hybridized carbons (Fsp3) is 0. The van der Waals surface area contributed by atoms with Gasteiger partial charge in [0.15, 0.2) is 5.75 Å². The largest absolute Gasteiger partial charge is 0.507 e. The van der Waals surface area contributed by atoms with Crippen LogP contribution in [0.25, 0.3) is 0 Å². The van der Waals surface area contributed by atoms with E-state index in [0.29, 0.717) is 0 Å². The van der Waals surface area contributed by atoms with Gasteiger partial charge in [0.25, 0.3) is 5.56 Å². The molecule has 0 saturated carbocycles. The van der Waals surface area contributed by atoms with Crippen LogP contribution in [0, 0.1) is 14.9 Å². The van der Waals surface area contributed by atoms with Crippen LogP contribution >= 0.6 is 12.2 Å². The van der Waals surface area contributed by atoms with Gasteiger partial charge in [0.05, 0.1) is 11.1 Å². The Kier molecular flexibility index (Phi) is 3.75. The first-order chi connectivity index (χ1) is 9.90. The maximum absolute atomic E-state index is 11.5. The third kappa shape index (κ3) is 2.92. The Morgan fingerprint density at radius 3 is 2.76 bits per heavy atom. The molecule has 0 aliphatic heterocycles. The molecule has 0 unspecified atom stereocenters. The highest BCUT2D eigenvalue weighted by Gasteiger charge is 2.16. The maximum Gasteiger partial charge on any atom is 0.311 e. The van der Waals surface area contributed by atoms with E-state index in [1.807, 2.05) is 0 Å². The van der Waals surface area contributed by atoms with Crippen molar-refractivity contribution in [3.63, 3.8) is 0 Å². The molecular formula is C10H7N5O5S. The number of nitro benzene ring substituents is 1. The summed E-state index contributed by atoms with van der Waals surface area (Å²) in [5.74, 6) is -1.13. The fourth-order valence-corrected chi connectivity index (χ4v) is 1.60. The first-order valence-electron chi connectivity index (χ1n) is 5.31. The van der Waals surface area contributed by atoms with E-state index in [-0.39, 0.29) is 10.3 Å². The molecule has 2 rings (SSSR count). The number of nitro groups is 1. The highest BCUT2D eigenvalue weighted by molar-refractivity contribution is 7.71. The zero-order valence-electron chi connectivity index (χ0n) is 10.1.